The highest BCUT2D eigenvalue weighted by atomic mass is 16.5. The lowest BCUT2D eigenvalue weighted by molar-refractivity contribution is -0.111. The van der Waals surface area contributed by atoms with Crippen LogP contribution in [0.15, 0.2) is 29.8 Å². The van der Waals surface area contributed by atoms with Gasteiger partial charge in [-0.1, -0.05) is 0 Å². The Morgan fingerprint density at radius 1 is 1.60 bits per heavy atom. The Balaban J connectivity index is 2.83. The fourth-order valence-corrected chi connectivity index (χ4v) is 0.484. The standard InChI is InChI=1S/C6H6N2O2/c7-6(9)5-1-3-10-4-2-8-5/h1-4H,(H2,7,9). The molecule has 1 rings (SSSR count). The summed E-state index contributed by atoms with van der Waals surface area (Å²) in [7, 11) is 0. The molecule has 0 aromatic carbocycles. The smallest absolute Gasteiger partial charge is 0.267 e. The molecule has 4 nitrogen and oxygen atoms in total. The second-order valence-electron chi connectivity index (χ2n) is 1.60. The van der Waals surface area contributed by atoms with Crippen molar-refractivity contribution < 1.29 is 9.53 Å². The fraction of sp³-hybridized carbons (Fsp3) is 0. The average Bonchev–Trinajstić information content (AvgIpc) is 2.12. The van der Waals surface area contributed by atoms with Crippen molar-refractivity contribution in [1.82, 2.24) is 0 Å². The summed E-state index contributed by atoms with van der Waals surface area (Å²) in [4.78, 5) is 14.1. The van der Waals surface area contributed by atoms with Crippen molar-refractivity contribution in [3.05, 3.63) is 24.8 Å². The Bertz CT molecular complexity index is 228. The number of ether oxygens (including phenoxy) is 1. The van der Waals surface area contributed by atoms with Gasteiger partial charge in [-0.25, -0.2) is 4.99 Å². The predicted octanol–water partition coefficient (Wildman–Crippen LogP) is -0.0722. The third-order valence-corrected chi connectivity index (χ3v) is 0.910. The zero-order chi connectivity index (χ0) is 7.40. The highest BCUT2D eigenvalue weighted by molar-refractivity contribution is 6.42. The van der Waals surface area contributed by atoms with E-state index in [2.05, 4.69) is 4.99 Å². The maximum atomic E-state index is 10.5. The number of carbonyl (C=O) groups is 1. The number of hydrogen-bond donors (Lipinski definition) is 1. The van der Waals surface area contributed by atoms with E-state index in [9.17, 15) is 4.79 Å². The van der Waals surface area contributed by atoms with Crippen molar-refractivity contribution in [2.45, 2.75) is 0 Å². The van der Waals surface area contributed by atoms with E-state index in [0.717, 1.165) is 0 Å². The molecule has 2 N–H and O–H groups in total. The van der Waals surface area contributed by atoms with Gasteiger partial charge in [0, 0.05) is 6.08 Å². The van der Waals surface area contributed by atoms with Crippen molar-refractivity contribution in [3.63, 3.8) is 0 Å². The molecule has 0 atom stereocenters. The summed E-state index contributed by atoms with van der Waals surface area (Å²) in [6, 6.07) is 0. The molecule has 1 aliphatic heterocycles. The van der Waals surface area contributed by atoms with Crippen LogP contribution in [0.1, 0.15) is 0 Å². The van der Waals surface area contributed by atoms with Gasteiger partial charge in [0.15, 0.2) is 0 Å². The first-order chi connectivity index (χ1) is 4.80. The third kappa shape index (κ3) is 1.45. The molecular weight excluding hydrogens is 132 g/mol. The molecule has 0 fully saturated rings. The topological polar surface area (TPSA) is 64.7 Å². The van der Waals surface area contributed by atoms with Crippen molar-refractivity contribution in [2.75, 3.05) is 0 Å². The second-order valence-corrected chi connectivity index (χ2v) is 1.60. The van der Waals surface area contributed by atoms with Gasteiger partial charge in [0.1, 0.15) is 12.0 Å². The zero-order valence-electron chi connectivity index (χ0n) is 5.15. The first-order valence-electron chi connectivity index (χ1n) is 2.65. The molecule has 10 heavy (non-hydrogen) atoms. The summed E-state index contributed by atoms with van der Waals surface area (Å²) in [6.07, 6.45) is 5.46. The van der Waals surface area contributed by atoms with E-state index in [0.29, 0.717) is 0 Å². The van der Waals surface area contributed by atoms with Gasteiger partial charge in [0.2, 0.25) is 0 Å². The highest BCUT2D eigenvalue weighted by Gasteiger charge is 2.01. The molecule has 1 heterocycles. The van der Waals surface area contributed by atoms with E-state index in [-0.39, 0.29) is 5.71 Å². The van der Waals surface area contributed by atoms with E-state index in [4.69, 9.17) is 10.5 Å². The first kappa shape index (κ1) is 6.54. The molecule has 0 unspecified atom stereocenters. The van der Waals surface area contributed by atoms with Gasteiger partial charge in [-0.15, -0.1) is 0 Å². The lowest BCUT2D eigenvalue weighted by atomic mass is 10.3. The van der Waals surface area contributed by atoms with Crippen LogP contribution >= 0.6 is 0 Å². The van der Waals surface area contributed by atoms with E-state index < -0.39 is 5.91 Å². The fourth-order valence-electron chi connectivity index (χ4n) is 0.484. The molecule has 0 saturated heterocycles. The SMILES string of the molecule is NC(=O)C1=NC=COC=C1. The molecule has 0 aromatic rings. The van der Waals surface area contributed by atoms with Gasteiger partial charge in [-0.2, -0.15) is 0 Å². The van der Waals surface area contributed by atoms with Crippen molar-refractivity contribution in [3.8, 4) is 0 Å². The lowest BCUT2D eigenvalue weighted by Crippen LogP contribution is -2.20. The third-order valence-electron chi connectivity index (χ3n) is 0.910. The Kier molecular flexibility index (Phi) is 1.84. The summed E-state index contributed by atoms with van der Waals surface area (Å²) in [5.74, 6) is -0.564. The van der Waals surface area contributed by atoms with Crippen LogP contribution in [-0.4, -0.2) is 11.6 Å². The Morgan fingerprint density at radius 3 is 3.10 bits per heavy atom. The maximum absolute atomic E-state index is 10.5. The summed E-state index contributed by atoms with van der Waals surface area (Å²) in [5.41, 5.74) is 5.11. The molecular formula is C6H6N2O2. The lowest BCUT2D eigenvalue weighted by Gasteiger charge is -1.87. The van der Waals surface area contributed by atoms with Crippen LogP contribution in [0.5, 0.6) is 0 Å². The number of amides is 1. The molecule has 0 aromatic heterocycles. The van der Waals surface area contributed by atoms with E-state index >= 15 is 0 Å². The molecule has 0 radical (unpaired) electrons. The molecule has 0 spiro atoms. The van der Waals surface area contributed by atoms with E-state index in [1.807, 2.05) is 0 Å². The summed E-state index contributed by atoms with van der Waals surface area (Å²) < 4.78 is 4.69. The Labute approximate surface area is 57.7 Å². The monoisotopic (exact) mass is 138 g/mol. The van der Waals surface area contributed by atoms with Crippen LogP contribution in [0.25, 0.3) is 0 Å². The summed E-state index contributed by atoms with van der Waals surface area (Å²) in [6.45, 7) is 0. The zero-order valence-corrected chi connectivity index (χ0v) is 5.15. The van der Waals surface area contributed by atoms with Crippen LogP contribution in [-0.2, 0) is 9.53 Å². The van der Waals surface area contributed by atoms with Crippen molar-refractivity contribution in [2.24, 2.45) is 10.7 Å². The van der Waals surface area contributed by atoms with Gasteiger partial charge >= 0.3 is 0 Å². The predicted molar refractivity (Wildman–Crippen MR) is 36.0 cm³/mol. The van der Waals surface area contributed by atoms with Crippen LogP contribution in [0.4, 0.5) is 0 Å². The number of hydrogen-bond acceptors (Lipinski definition) is 3. The number of primary amides is 1. The van der Waals surface area contributed by atoms with Gasteiger partial charge in [0.05, 0.1) is 12.5 Å². The minimum Gasteiger partial charge on any atom is -0.471 e. The minimum atomic E-state index is -0.564. The molecule has 4 heteroatoms. The largest absolute Gasteiger partial charge is 0.471 e. The van der Waals surface area contributed by atoms with Gasteiger partial charge < -0.3 is 10.5 Å². The van der Waals surface area contributed by atoms with Crippen molar-refractivity contribution in [1.29, 1.82) is 0 Å². The minimum absolute atomic E-state index is 0.189. The second kappa shape index (κ2) is 2.82. The Morgan fingerprint density at radius 2 is 2.40 bits per heavy atom. The van der Waals surface area contributed by atoms with Crippen LogP contribution in [0.2, 0.25) is 0 Å². The molecule has 52 valence electrons. The number of nitrogens with two attached hydrogens (primary N) is 1. The molecule has 0 bridgehead atoms. The van der Waals surface area contributed by atoms with Gasteiger partial charge in [-0.3, -0.25) is 4.79 Å². The van der Waals surface area contributed by atoms with Gasteiger partial charge in [-0.05, 0) is 0 Å². The molecule has 1 amide bonds. The number of aliphatic imine (C=N–C) groups is 1. The van der Waals surface area contributed by atoms with Crippen LogP contribution < -0.4 is 5.73 Å². The molecule has 0 aliphatic carbocycles. The van der Waals surface area contributed by atoms with E-state index in [1.54, 1.807) is 0 Å². The van der Waals surface area contributed by atoms with Crippen LogP contribution in [0, 0.1) is 0 Å². The number of nitrogens with zero attached hydrogens (tertiary/aromatic N) is 1. The normalized spacial score (nSPS) is 15.4. The van der Waals surface area contributed by atoms with E-state index in [1.165, 1.54) is 24.8 Å². The van der Waals surface area contributed by atoms with Crippen LogP contribution in [0.3, 0.4) is 0 Å². The molecule has 1 aliphatic rings. The Hall–Kier alpha value is -1.58. The summed E-state index contributed by atoms with van der Waals surface area (Å²) in [5, 5.41) is 0. The number of carbonyl (C=O) groups excluding carboxylic acids is 1. The average molecular weight is 138 g/mol. The highest BCUT2D eigenvalue weighted by Crippen LogP contribution is 1.91. The molecule has 0 saturated carbocycles. The van der Waals surface area contributed by atoms with Gasteiger partial charge in [0.25, 0.3) is 5.91 Å². The quantitative estimate of drug-likeness (QED) is 0.551. The maximum Gasteiger partial charge on any atom is 0.267 e. The number of rotatable bonds is 1. The first-order valence-corrected chi connectivity index (χ1v) is 2.65. The summed E-state index contributed by atoms with van der Waals surface area (Å²) >= 11 is 0. The van der Waals surface area contributed by atoms with Crippen molar-refractivity contribution >= 4 is 11.6 Å².